The topological polar surface area (TPSA) is 72.2 Å². The molecule has 0 aliphatic heterocycles. The van der Waals surface area contributed by atoms with Crippen molar-refractivity contribution in [3.63, 3.8) is 0 Å². The maximum atomic E-state index is 13.6. The highest BCUT2D eigenvalue weighted by Gasteiger charge is 2.25. The summed E-state index contributed by atoms with van der Waals surface area (Å²) in [5.74, 6) is -2.11. The van der Waals surface area contributed by atoms with E-state index in [0.717, 1.165) is 6.07 Å². The van der Waals surface area contributed by atoms with Crippen molar-refractivity contribution in [3.05, 3.63) is 40.2 Å². The summed E-state index contributed by atoms with van der Waals surface area (Å²) in [6, 6.07) is 1.02. The zero-order valence-electron chi connectivity index (χ0n) is 9.45. The monoisotopic (exact) mass is 352 g/mol. The number of nitrogens with zero attached hydrogens (tertiary/aromatic N) is 1. The van der Waals surface area contributed by atoms with Crippen molar-refractivity contribution in [2.24, 2.45) is 0 Å². The van der Waals surface area contributed by atoms with Gasteiger partial charge in [-0.3, -0.25) is 0 Å². The molecule has 1 aromatic carbocycles. The van der Waals surface area contributed by atoms with Crippen molar-refractivity contribution in [1.29, 1.82) is 0 Å². The van der Waals surface area contributed by atoms with Crippen molar-refractivity contribution in [2.45, 2.75) is 11.8 Å². The predicted octanol–water partition coefficient (Wildman–Crippen LogP) is 2.82. The number of halogens is 3. The van der Waals surface area contributed by atoms with Crippen LogP contribution in [0.4, 0.5) is 14.8 Å². The minimum atomic E-state index is -4.27. The average molecular weight is 353 g/mol. The Morgan fingerprint density at radius 2 is 2.05 bits per heavy atom. The fourth-order valence-corrected chi connectivity index (χ4v) is 3.46. The van der Waals surface area contributed by atoms with Gasteiger partial charge in [0.1, 0.15) is 22.8 Å². The Labute approximate surface area is 115 Å². The van der Waals surface area contributed by atoms with Gasteiger partial charge in [0.05, 0.1) is 5.69 Å². The summed E-state index contributed by atoms with van der Waals surface area (Å²) < 4.78 is 56.9. The van der Waals surface area contributed by atoms with E-state index in [1.807, 2.05) is 4.72 Å². The van der Waals surface area contributed by atoms with Gasteiger partial charge in [-0.2, -0.15) is 4.98 Å². The first-order chi connectivity index (χ1) is 8.79. The third-order valence-electron chi connectivity index (χ3n) is 2.07. The number of sulfonamides is 1. The molecule has 1 N–H and O–H groups in total. The molecule has 2 rings (SSSR count). The van der Waals surface area contributed by atoms with Gasteiger partial charge in [-0.1, -0.05) is 0 Å². The molecular weight excluding hydrogens is 346 g/mol. The molecule has 1 aromatic heterocycles. The fourth-order valence-electron chi connectivity index (χ4n) is 1.35. The Bertz CT molecular complexity index is 707. The summed E-state index contributed by atoms with van der Waals surface area (Å²) in [7, 11) is -4.27. The van der Waals surface area contributed by atoms with E-state index >= 15 is 0 Å². The van der Waals surface area contributed by atoms with Crippen LogP contribution in [0.1, 0.15) is 5.69 Å². The van der Waals surface area contributed by atoms with Crippen LogP contribution < -0.4 is 4.72 Å². The van der Waals surface area contributed by atoms with E-state index < -0.39 is 26.6 Å². The second kappa shape index (κ2) is 4.89. The van der Waals surface area contributed by atoms with Gasteiger partial charge in [0.15, 0.2) is 0 Å². The van der Waals surface area contributed by atoms with Crippen LogP contribution in [0, 0.1) is 18.6 Å². The van der Waals surface area contributed by atoms with Gasteiger partial charge in [-0.15, -0.1) is 0 Å². The zero-order chi connectivity index (χ0) is 14.2. The number of benzene rings is 1. The third-order valence-corrected chi connectivity index (χ3v) is 4.36. The Morgan fingerprint density at radius 1 is 1.37 bits per heavy atom. The summed E-state index contributed by atoms with van der Waals surface area (Å²) in [5.41, 5.74) is 0.455. The van der Waals surface area contributed by atoms with Crippen molar-refractivity contribution in [2.75, 3.05) is 4.72 Å². The second-order valence-corrected chi connectivity index (χ2v) is 6.07. The van der Waals surface area contributed by atoms with E-state index in [0.29, 0.717) is 11.8 Å². The van der Waals surface area contributed by atoms with Gasteiger partial charge in [0.25, 0.3) is 10.0 Å². The molecule has 0 amide bonds. The number of oxazole rings is 1. The molecule has 9 heteroatoms. The zero-order valence-corrected chi connectivity index (χ0v) is 11.8. The molecule has 102 valence electrons. The molecule has 0 aliphatic carbocycles. The lowest BCUT2D eigenvalue weighted by atomic mass is 10.3. The Morgan fingerprint density at radius 3 is 2.58 bits per heavy atom. The van der Waals surface area contributed by atoms with Gasteiger partial charge in [0.2, 0.25) is 0 Å². The number of hydrogen-bond acceptors (Lipinski definition) is 4. The lowest BCUT2D eigenvalue weighted by Crippen LogP contribution is -2.15. The highest BCUT2D eigenvalue weighted by molar-refractivity contribution is 9.10. The SMILES string of the molecule is Cc1coc(NS(=O)(=O)c2c(F)cc(F)cc2Br)n1. The number of aryl methyl sites for hydroxylation is 1. The Kier molecular flexibility index (Phi) is 3.59. The maximum absolute atomic E-state index is 13.6. The normalized spacial score (nSPS) is 11.6. The Hall–Kier alpha value is -1.48. The van der Waals surface area contributed by atoms with Gasteiger partial charge >= 0.3 is 6.01 Å². The van der Waals surface area contributed by atoms with Crippen molar-refractivity contribution in [3.8, 4) is 0 Å². The molecule has 0 bridgehead atoms. The van der Waals surface area contributed by atoms with Crippen LogP contribution >= 0.6 is 15.9 Å². The van der Waals surface area contributed by atoms with E-state index in [-0.39, 0.29) is 10.5 Å². The lowest BCUT2D eigenvalue weighted by molar-refractivity contribution is 0.545. The van der Waals surface area contributed by atoms with Gasteiger partial charge in [0, 0.05) is 10.5 Å². The molecule has 0 atom stereocenters. The van der Waals surface area contributed by atoms with Crippen LogP contribution in [0.25, 0.3) is 0 Å². The molecule has 0 aliphatic rings. The van der Waals surface area contributed by atoms with Crippen LogP contribution in [0.15, 0.2) is 32.2 Å². The Balaban J connectivity index is 2.45. The minimum Gasteiger partial charge on any atom is -0.431 e. The van der Waals surface area contributed by atoms with Gasteiger partial charge in [-0.05, 0) is 28.9 Å². The molecule has 0 radical (unpaired) electrons. The molecule has 0 spiro atoms. The second-order valence-electron chi connectivity index (χ2n) is 3.60. The maximum Gasteiger partial charge on any atom is 0.309 e. The molecule has 2 aromatic rings. The van der Waals surface area contributed by atoms with Crippen molar-refractivity contribution >= 4 is 32.0 Å². The van der Waals surface area contributed by atoms with E-state index in [1.54, 1.807) is 6.92 Å². The van der Waals surface area contributed by atoms with Crippen LogP contribution in [-0.2, 0) is 10.0 Å². The number of nitrogens with one attached hydrogen (secondary N) is 1. The number of hydrogen-bond donors (Lipinski definition) is 1. The molecule has 1 heterocycles. The van der Waals surface area contributed by atoms with E-state index in [4.69, 9.17) is 4.42 Å². The van der Waals surface area contributed by atoms with E-state index in [2.05, 4.69) is 20.9 Å². The predicted molar refractivity (Wildman–Crippen MR) is 66.1 cm³/mol. The first-order valence-corrected chi connectivity index (χ1v) is 7.17. The molecule has 0 fully saturated rings. The standard InChI is InChI=1S/C10H7BrF2N2O3S/c1-5-4-18-10(14-5)15-19(16,17)9-7(11)2-6(12)3-8(9)13/h2-4H,1H3,(H,14,15). The third kappa shape index (κ3) is 2.92. The summed E-state index contributed by atoms with van der Waals surface area (Å²) in [5, 5.41) is 0. The quantitative estimate of drug-likeness (QED) is 0.921. The molecule has 0 unspecified atom stereocenters. The molecule has 0 saturated heterocycles. The van der Waals surface area contributed by atoms with Gasteiger partial charge in [-0.25, -0.2) is 21.9 Å². The summed E-state index contributed by atoms with van der Waals surface area (Å²) >= 11 is 2.80. The fraction of sp³-hybridized carbons (Fsp3) is 0.100. The van der Waals surface area contributed by atoms with E-state index in [9.17, 15) is 17.2 Å². The summed E-state index contributed by atoms with van der Waals surface area (Å²) in [4.78, 5) is 3.01. The summed E-state index contributed by atoms with van der Waals surface area (Å²) in [6.07, 6.45) is 1.23. The minimum absolute atomic E-state index is 0.235. The summed E-state index contributed by atoms with van der Waals surface area (Å²) in [6.45, 7) is 1.59. The van der Waals surface area contributed by atoms with Crippen LogP contribution in [0.2, 0.25) is 0 Å². The van der Waals surface area contributed by atoms with Crippen molar-refractivity contribution in [1.82, 2.24) is 4.98 Å². The van der Waals surface area contributed by atoms with Crippen LogP contribution in [0.5, 0.6) is 0 Å². The highest BCUT2D eigenvalue weighted by Crippen LogP contribution is 2.27. The lowest BCUT2D eigenvalue weighted by Gasteiger charge is -2.07. The molecule has 5 nitrogen and oxygen atoms in total. The van der Waals surface area contributed by atoms with Crippen LogP contribution in [-0.4, -0.2) is 13.4 Å². The number of rotatable bonds is 3. The van der Waals surface area contributed by atoms with E-state index in [1.165, 1.54) is 6.26 Å². The van der Waals surface area contributed by atoms with Crippen molar-refractivity contribution < 1.29 is 21.6 Å². The molecule has 0 saturated carbocycles. The first-order valence-electron chi connectivity index (χ1n) is 4.89. The average Bonchev–Trinajstić information content (AvgIpc) is 2.60. The number of aromatic nitrogens is 1. The molecular formula is C10H7BrF2N2O3S. The van der Waals surface area contributed by atoms with Crippen LogP contribution in [0.3, 0.4) is 0 Å². The number of anilines is 1. The largest absolute Gasteiger partial charge is 0.431 e. The molecule has 19 heavy (non-hydrogen) atoms. The first kappa shape index (κ1) is 13.9. The van der Waals surface area contributed by atoms with Gasteiger partial charge < -0.3 is 4.42 Å². The smallest absolute Gasteiger partial charge is 0.309 e. The highest BCUT2D eigenvalue weighted by atomic mass is 79.9.